The number of hydrogen-bond acceptors (Lipinski definition) is 9. The maximum absolute atomic E-state index is 12.8. The minimum Gasteiger partial charge on any atom is -0.416 e. The van der Waals surface area contributed by atoms with Gasteiger partial charge in [-0.3, -0.25) is 19.2 Å². The standard InChI is InChI=1S/C18H23NO3S.C13H26O2Si.C9H16O.C5H10O2/c1-5-14(13(2)20)12-23(21,22)18-11-7-8-15-16(18)9-6-10-17(15)19(3)4;1-8-9-12(11(2)14)10-15-16(6,7)13(3,4)5;1-5-6-9(7(2)3)8(4)10;1-4(3-6)5(2)7/h6-11,14H,5,12H2,1-4H3;8,12H,1,9-10H2,2-7H3;5,7,9H,1,6H2,2-4H3;4,6H,3H2,1-2H3/t14-;12-;9-;4-/m1000/s1. The molecular formula is C45H75NO8SSi. The van der Waals surface area contributed by atoms with Crippen molar-refractivity contribution in [3.8, 4) is 0 Å². The fraction of sp³-hybridized carbons (Fsp3) is 0.600. The SMILES string of the molecule is C=CC[C@@H](CO[Si](C)(C)C(C)(C)C)C(C)=O.C=CC[C@H](C(C)=O)C(C)C.CC(=O)[C@@H](C)CO.CC[C@H](CS(=O)(=O)c1cccc2c(N(C)C)cccc12)C(C)=O. The average Bonchev–Trinajstić information content (AvgIpc) is 3.10. The third kappa shape index (κ3) is 19.3. The number of carbonyl (C=O) groups excluding carboxylic acids is 4. The lowest BCUT2D eigenvalue weighted by Crippen LogP contribution is -2.42. The van der Waals surface area contributed by atoms with E-state index in [2.05, 4.69) is 60.9 Å². The molecule has 0 amide bonds. The Kier molecular flexibility index (Phi) is 25.4. The van der Waals surface area contributed by atoms with Crippen LogP contribution in [0.5, 0.6) is 0 Å². The molecule has 11 heteroatoms. The largest absolute Gasteiger partial charge is 0.416 e. The number of fused-ring (bicyclic) bond motifs is 1. The average molecular weight is 818 g/mol. The molecule has 0 radical (unpaired) electrons. The van der Waals surface area contributed by atoms with Crippen molar-refractivity contribution >= 4 is 57.7 Å². The topological polar surface area (TPSA) is 135 Å². The lowest BCUT2D eigenvalue weighted by Gasteiger charge is -2.37. The van der Waals surface area contributed by atoms with Gasteiger partial charge in [-0.1, -0.05) is 84.9 Å². The molecule has 9 nitrogen and oxygen atoms in total. The normalized spacial score (nSPS) is 13.6. The van der Waals surface area contributed by atoms with E-state index in [1.165, 1.54) is 13.8 Å². The first-order valence-corrected chi connectivity index (χ1v) is 24.1. The smallest absolute Gasteiger partial charge is 0.192 e. The highest BCUT2D eigenvalue weighted by Gasteiger charge is 2.37. The summed E-state index contributed by atoms with van der Waals surface area (Å²) in [5.41, 5.74) is 0.971. The third-order valence-corrected chi connectivity index (χ3v) is 16.7. The summed E-state index contributed by atoms with van der Waals surface area (Å²) >= 11 is 0. The maximum Gasteiger partial charge on any atom is 0.192 e. The number of sulfone groups is 1. The van der Waals surface area contributed by atoms with E-state index in [1.807, 2.05) is 56.3 Å². The van der Waals surface area contributed by atoms with Gasteiger partial charge < -0.3 is 14.4 Å². The Morgan fingerprint density at radius 3 is 1.66 bits per heavy atom. The fourth-order valence-corrected chi connectivity index (χ4v) is 8.13. The molecule has 0 spiro atoms. The molecule has 0 aromatic heterocycles. The number of ketones is 4. The predicted octanol–water partition coefficient (Wildman–Crippen LogP) is 9.71. The van der Waals surface area contributed by atoms with Crippen molar-refractivity contribution in [3.05, 3.63) is 61.7 Å². The first kappa shape index (κ1) is 54.8. The van der Waals surface area contributed by atoms with Crippen molar-refractivity contribution in [2.24, 2.45) is 29.6 Å². The zero-order valence-electron chi connectivity index (χ0n) is 37.3. The number of hydrogen-bond donors (Lipinski definition) is 1. The van der Waals surface area contributed by atoms with Crippen LogP contribution in [0.4, 0.5) is 5.69 Å². The first-order chi connectivity index (χ1) is 25.7. The van der Waals surface area contributed by atoms with Crippen molar-refractivity contribution in [1.29, 1.82) is 0 Å². The van der Waals surface area contributed by atoms with E-state index < -0.39 is 24.1 Å². The van der Waals surface area contributed by atoms with Crippen LogP contribution in [0.25, 0.3) is 10.8 Å². The molecule has 0 unspecified atom stereocenters. The molecule has 0 aliphatic rings. The fourth-order valence-electron chi connectivity index (χ4n) is 5.10. The zero-order valence-corrected chi connectivity index (χ0v) is 39.1. The van der Waals surface area contributed by atoms with Crippen LogP contribution in [-0.2, 0) is 33.4 Å². The Hall–Kier alpha value is -3.25. The lowest BCUT2D eigenvalue weighted by atomic mass is 9.89. The van der Waals surface area contributed by atoms with Gasteiger partial charge in [0.25, 0.3) is 0 Å². The monoisotopic (exact) mass is 817 g/mol. The van der Waals surface area contributed by atoms with Gasteiger partial charge in [-0.15, -0.1) is 13.2 Å². The molecule has 0 bridgehead atoms. The number of rotatable bonds is 18. The molecule has 2 rings (SSSR count). The summed E-state index contributed by atoms with van der Waals surface area (Å²) < 4.78 is 31.7. The van der Waals surface area contributed by atoms with Crippen LogP contribution < -0.4 is 4.90 Å². The van der Waals surface area contributed by atoms with Crippen molar-refractivity contribution in [1.82, 2.24) is 0 Å². The van der Waals surface area contributed by atoms with Gasteiger partial charge in [-0.05, 0) is 83.1 Å². The number of allylic oxidation sites excluding steroid dienone is 2. The number of nitrogens with zero attached hydrogens (tertiary/aromatic N) is 1. The van der Waals surface area contributed by atoms with Crippen LogP contribution in [0.3, 0.4) is 0 Å². The minimum atomic E-state index is -3.53. The molecule has 2 aromatic carbocycles. The highest BCUT2D eigenvalue weighted by Crippen LogP contribution is 2.37. The van der Waals surface area contributed by atoms with Gasteiger partial charge in [0.2, 0.25) is 0 Å². The van der Waals surface area contributed by atoms with E-state index in [9.17, 15) is 27.6 Å². The van der Waals surface area contributed by atoms with E-state index >= 15 is 0 Å². The van der Waals surface area contributed by atoms with E-state index in [-0.39, 0.29) is 58.3 Å². The van der Waals surface area contributed by atoms with Gasteiger partial charge in [-0.25, -0.2) is 8.42 Å². The summed E-state index contributed by atoms with van der Waals surface area (Å²) in [6.45, 7) is 32.7. The van der Waals surface area contributed by atoms with Crippen LogP contribution in [0.15, 0.2) is 66.6 Å². The Labute approximate surface area is 341 Å². The molecule has 0 aliphatic carbocycles. The second-order valence-electron chi connectivity index (χ2n) is 16.6. The second kappa shape index (κ2) is 25.9. The van der Waals surface area contributed by atoms with E-state index in [4.69, 9.17) is 9.53 Å². The maximum atomic E-state index is 12.8. The Morgan fingerprint density at radius 1 is 0.821 bits per heavy atom. The summed E-state index contributed by atoms with van der Waals surface area (Å²) in [6.07, 6.45) is 5.66. The molecule has 0 aliphatic heterocycles. The number of aliphatic hydroxyl groups is 1. The predicted molar refractivity (Wildman–Crippen MR) is 238 cm³/mol. The zero-order chi connectivity index (χ0) is 44.2. The molecule has 56 heavy (non-hydrogen) atoms. The molecule has 0 saturated heterocycles. The summed E-state index contributed by atoms with van der Waals surface area (Å²) in [6, 6.07) is 11.0. The van der Waals surface area contributed by atoms with Gasteiger partial charge in [0.15, 0.2) is 18.2 Å². The van der Waals surface area contributed by atoms with Gasteiger partial charge >= 0.3 is 0 Å². The number of benzene rings is 2. The summed E-state index contributed by atoms with van der Waals surface area (Å²) in [4.78, 5) is 46.4. The molecule has 0 saturated carbocycles. The third-order valence-electron chi connectivity index (χ3n) is 10.4. The van der Waals surface area contributed by atoms with Crippen LogP contribution >= 0.6 is 0 Å². The Morgan fingerprint density at radius 2 is 1.32 bits per heavy atom. The molecule has 0 fully saturated rings. The lowest BCUT2D eigenvalue weighted by molar-refractivity contribution is -0.122. The number of Topliss-reactive ketones (excluding diaryl/α,β-unsaturated/α-hetero) is 4. The Bertz CT molecular complexity index is 1670. The van der Waals surface area contributed by atoms with E-state index in [1.54, 1.807) is 39.0 Å². The molecule has 318 valence electrons. The van der Waals surface area contributed by atoms with Crippen molar-refractivity contribution < 1.29 is 37.1 Å². The number of carbonyl (C=O) groups is 4. The van der Waals surface area contributed by atoms with Gasteiger partial charge in [0, 0.05) is 60.8 Å². The number of aliphatic hydroxyl groups excluding tert-OH is 1. The van der Waals surface area contributed by atoms with Crippen molar-refractivity contribution in [2.45, 2.75) is 118 Å². The van der Waals surface area contributed by atoms with Crippen LogP contribution in [-0.4, -0.2) is 78.0 Å². The molecule has 4 atom stereocenters. The molecule has 1 N–H and O–H groups in total. The summed E-state index contributed by atoms with van der Waals surface area (Å²) in [5, 5.41) is 10.1. The molecule has 2 aromatic rings. The van der Waals surface area contributed by atoms with Crippen LogP contribution in [0.2, 0.25) is 18.1 Å². The van der Waals surface area contributed by atoms with Gasteiger partial charge in [-0.2, -0.15) is 0 Å². The quantitative estimate of drug-likeness (QED) is 0.115. The van der Waals surface area contributed by atoms with Crippen molar-refractivity contribution in [2.75, 3.05) is 38.0 Å². The highest BCUT2D eigenvalue weighted by atomic mass is 32.2. The van der Waals surface area contributed by atoms with E-state index in [0.29, 0.717) is 35.6 Å². The van der Waals surface area contributed by atoms with Crippen molar-refractivity contribution in [3.63, 3.8) is 0 Å². The van der Waals surface area contributed by atoms with Crippen LogP contribution in [0, 0.1) is 29.6 Å². The minimum absolute atomic E-state index is 0.0216. The van der Waals surface area contributed by atoms with Gasteiger partial charge in [0.1, 0.15) is 23.1 Å². The molecule has 0 heterocycles. The number of anilines is 1. The van der Waals surface area contributed by atoms with Gasteiger partial charge in [0.05, 0.1) is 17.3 Å². The van der Waals surface area contributed by atoms with Crippen LogP contribution in [0.1, 0.15) is 95.4 Å². The second-order valence-corrected chi connectivity index (χ2v) is 23.4. The summed E-state index contributed by atoms with van der Waals surface area (Å²) in [5.74, 6) is 0.262. The van der Waals surface area contributed by atoms with E-state index in [0.717, 1.165) is 17.5 Å². The summed E-state index contributed by atoms with van der Waals surface area (Å²) in [7, 11) is -1.40. The highest BCUT2D eigenvalue weighted by molar-refractivity contribution is 7.91. The Balaban J connectivity index is 0. The molecular weight excluding hydrogens is 743 g/mol. The first-order valence-electron chi connectivity index (χ1n) is 19.6.